The van der Waals surface area contributed by atoms with Crippen LogP contribution in [-0.4, -0.2) is 48.6 Å². The highest BCUT2D eigenvalue weighted by atomic mass is 16.6. The van der Waals surface area contributed by atoms with Gasteiger partial charge in [0.25, 0.3) is 0 Å². The van der Waals surface area contributed by atoms with Gasteiger partial charge in [0.15, 0.2) is 0 Å². The monoisotopic (exact) mass is 734 g/mol. The first-order valence-corrected chi connectivity index (χ1v) is 17.6. The second-order valence-corrected chi connectivity index (χ2v) is 12.0. The molecular weight excluding hydrogens is 693 g/mol. The van der Waals surface area contributed by atoms with Crippen molar-refractivity contribution in [3.05, 3.63) is 205 Å². The lowest BCUT2D eigenvalue weighted by Crippen LogP contribution is -2.28. The standard InChI is InChI=1S/C35H30O6.2C6H6O/c1-3-33(36)40-23-21-38-27-17-13-25(14-18-27)35(26-15-19-28(20-16-26)39-22-24-41-34(37)4-2)31-11-7-5-9-29(31)30-10-6-8-12-32(30)35;2*7-6-4-2-1-3-5-6/h3-20H,1-2,21-24H2;2*1-5,7H. The van der Waals surface area contributed by atoms with Crippen molar-refractivity contribution in [3.63, 3.8) is 0 Å². The second-order valence-electron chi connectivity index (χ2n) is 12.0. The fourth-order valence-corrected chi connectivity index (χ4v) is 6.20. The molecule has 0 atom stereocenters. The molecule has 8 heteroatoms. The molecule has 6 aromatic rings. The lowest BCUT2D eigenvalue weighted by Gasteiger charge is -2.34. The van der Waals surface area contributed by atoms with Crippen molar-refractivity contribution in [1.29, 1.82) is 0 Å². The average Bonchev–Trinajstić information content (AvgIpc) is 3.53. The molecule has 0 amide bonds. The minimum absolute atomic E-state index is 0.141. The lowest BCUT2D eigenvalue weighted by molar-refractivity contribution is -0.139. The third kappa shape index (κ3) is 10.1. The van der Waals surface area contributed by atoms with Crippen LogP contribution in [0.25, 0.3) is 11.1 Å². The van der Waals surface area contributed by atoms with Crippen LogP contribution in [0.15, 0.2) is 183 Å². The zero-order valence-corrected chi connectivity index (χ0v) is 30.3. The van der Waals surface area contributed by atoms with Crippen molar-refractivity contribution in [2.45, 2.75) is 5.41 Å². The van der Waals surface area contributed by atoms with Crippen LogP contribution in [-0.2, 0) is 24.5 Å². The molecule has 7 rings (SSSR count). The third-order valence-electron chi connectivity index (χ3n) is 8.57. The summed E-state index contributed by atoms with van der Waals surface area (Å²) >= 11 is 0. The molecule has 6 aromatic carbocycles. The maximum absolute atomic E-state index is 11.3. The molecule has 0 radical (unpaired) electrons. The van der Waals surface area contributed by atoms with Gasteiger partial charge in [0.05, 0.1) is 5.41 Å². The quantitative estimate of drug-likeness (QED) is 0.0727. The zero-order valence-electron chi connectivity index (χ0n) is 30.3. The van der Waals surface area contributed by atoms with Gasteiger partial charge in [-0.1, -0.05) is 122 Å². The largest absolute Gasteiger partial charge is 0.508 e. The highest BCUT2D eigenvalue weighted by molar-refractivity contribution is 5.86. The Morgan fingerprint density at radius 1 is 0.473 bits per heavy atom. The molecule has 8 nitrogen and oxygen atoms in total. The van der Waals surface area contributed by atoms with Gasteiger partial charge in [-0.2, -0.15) is 0 Å². The fraction of sp³-hybridized carbons (Fsp3) is 0.106. The van der Waals surface area contributed by atoms with Crippen LogP contribution in [0.5, 0.6) is 23.0 Å². The Morgan fingerprint density at radius 3 is 1.15 bits per heavy atom. The van der Waals surface area contributed by atoms with Crippen LogP contribution in [0.2, 0.25) is 0 Å². The molecule has 0 aromatic heterocycles. The van der Waals surface area contributed by atoms with Gasteiger partial charge in [-0.25, -0.2) is 9.59 Å². The molecule has 1 aliphatic rings. The first kappa shape index (κ1) is 39.2. The minimum atomic E-state index is -0.566. The van der Waals surface area contributed by atoms with Crippen molar-refractivity contribution in [1.82, 2.24) is 0 Å². The Hall–Kier alpha value is -7.06. The number of ether oxygens (including phenoxy) is 4. The van der Waals surface area contributed by atoms with Gasteiger partial charge in [0.2, 0.25) is 0 Å². The second kappa shape index (κ2) is 19.7. The summed E-state index contributed by atoms with van der Waals surface area (Å²) in [6.45, 7) is 7.56. The average molecular weight is 735 g/mol. The van der Waals surface area contributed by atoms with Gasteiger partial charge in [0, 0.05) is 12.2 Å². The first-order chi connectivity index (χ1) is 26.9. The molecule has 0 fully saturated rings. The maximum atomic E-state index is 11.3. The summed E-state index contributed by atoms with van der Waals surface area (Å²) in [6.07, 6.45) is 2.26. The van der Waals surface area contributed by atoms with E-state index in [2.05, 4.69) is 86.0 Å². The molecule has 0 saturated heterocycles. The van der Waals surface area contributed by atoms with Crippen molar-refractivity contribution in [2.24, 2.45) is 0 Å². The Balaban J connectivity index is 0.000000345. The SMILES string of the molecule is C=CC(=O)OCCOc1ccc(C2(c3ccc(OCCOC(=O)C=C)cc3)c3ccccc3-c3ccccc32)cc1.Oc1ccccc1.Oc1ccccc1. The Bertz CT molecular complexity index is 1990. The smallest absolute Gasteiger partial charge is 0.330 e. The van der Waals surface area contributed by atoms with E-state index in [1.54, 1.807) is 48.5 Å². The van der Waals surface area contributed by atoms with Crippen molar-refractivity contribution in [2.75, 3.05) is 26.4 Å². The molecule has 0 aliphatic heterocycles. The van der Waals surface area contributed by atoms with Crippen LogP contribution < -0.4 is 9.47 Å². The van der Waals surface area contributed by atoms with Gasteiger partial charge < -0.3 is 29.2 Å². The van der Waals surface area contributed by atoms with Crippen molar-refractivity contribution >= 4 is 11.9 Å². The van der Waals surface area contributed by atoms with Crippen LogP contribution >= 0.6 is 0 Å². The van der Waals surface area contributed by atoms with E-state index in [9.17, 15) is 9.59 Å². The summed E-state index contributed by atoms with van der Waals surface area (Å²) in [5, 5.41) is 17.3. The summed E-state index contributed by atoms with van der Waals surface area (Å²) in [5.74, 6) is 1.05. The summed E-state index contributed by atoms with van der Waals surface area (Å²) < 4.78 is 21.6. The normalized spacial score (nSPS) is 11.4. The van der Waals surface area contributed by atoms with E-state index in [-0.39, 0.29) is 26.4 Å². The number of para-hydroxylation sites is 2. The number of esters is 2. The Morgan fingerprint density at radius 2 is 0.818 bits per heavy atom. The van der Waals surface area contributed by atoms with Gasteiger partial charge in [-0.3, -0.25) is 0 Å². The van der Waals surface area contributed by atoms with E-state index in [1.165, 1.54) is 22.3 Å². The van der Waals surface area contributed by atoms with E-state index < -0.39 is 17.4 Å². The fourth-order valence-electron chi connectivity index (χ4n) is 6.20. The Labute approximate surface area is 321 Å². The summed E-state index contributed by atoms with van der Waals surface area (Å²) in [4.78, 5) is 22.6. The number of aromatic hydroxyl groups is 2. The number of rotatable bonds is 12. The molecule has 0 saturated carbocycles. The number of phenolic OH excluding ortho intramolecular Hbond substituents is 2. The van der Waals surface area contributed by atoms with Gasteiger partial charge in [0.1, 0.15) is 49.4 Å². The number of benzene rings is 6. The molecule has 0 heterocycles. The topological polar surface area (TPSA) is 112 Å². The molecule has 0 unspecified atom stereocenters. The van der Waals surface area contributed by atoms with Crippen molar-refractivity contribution < 1.29 is 38.7 Å². The predicted octanol–water partition coefficient (Wildman–Crippen LogP) is 9.05. The van der Waals surface area contributed by atoms with Crippen LogP contribution in [0.3, 0.4) is 0 Å². The van der Waals surface area contributed by atoms with Crippen LogP contribution in [0, 0.1) is 0 Å². The third-order valence-corrected chi connectivity index (χ3v) is 8.57. The number of fused-ring (bicyclic) bond motifs is 3. The summed E-state index contributed by atoms with van der Waals surface area (Å²) in [6, 6.07) is 50.5. The van der Waals surface area contributed by atoms with Gasteiger partial charge in [-0.05, 0) is 81.9 Å². The number of hydrogen-bond acceptors (Lipinski definition) is 8. The molecule has 0 bridgehead atoms. The number of carbonyl (C=O) groups is 2. The van der Waals surface area contributed by atoms with Crippen LogP contribution in [0.4, 0.5) is 0 Å². The molecule has 278 valence electrons. The van der Waals surface area contributed by atoms with Crippen LogP contribution in [0.1, 0.15) is 22.3 Å². The Kier molecular flexibility index (Phi) is 14.0. The van der Waals surface area contributed by atoms with E-state index in [0.29, 0.717) is 23.0 Å². The van der Waals surface area contributed by atoms with Gasteiger partial charge >= 0.3 is 11.9 Å². The van der Waals surface area contributed by atoms with E-state index in [0.717, 1.165) is 23.3 Å². The minimum Gasteiger partial charge on any atom is -0.508 e. The van der Waals surface area contributed by atoms with E-state index in [1.807, 2.05) is 36.4 Å². The molecule has 0 spiro atoms. The number of carbonyl (C=O) groups excluding carboxylic acids is 2. The molecule has 2 N–H and O–H groups in total. The van der Waals surface area contributed by atoms with Gasteiger partial charge in [-0.15, -0.1) is 0 Å². The molecule has 55 heavy (non-hydrogen) atoms. The maximum Gasteiger partial charge on any atom is 0.330 e. The predicted molar refractivity (Wildman–Crippen MR) is 213 cm³/mol. The summed E-state index contributed by atoms with van der Waals surface area (Å²) in [5.41, 5.74) is 6.38. The number of phenols is 2. The zero-order chi connectivity index (χ0) is 38.9. The first-order valence-electron chi connectivity index (χ1n) is 17.6. The highest BCUT2D eigenvalue weighted by Gasteiger charge is 2.45. The van der Waals surface area contributed by atoms with E-state index >= 15 is 0 Å². The van der Waals surface area contributed by atoms with E-state index in [4.69, 9.17) is 29.2 Å². The highest BCUT2D eigenvalue weighted by Crippen LogP contribution is 2.56. The lowest BCUT2D eigenvalue weighted by atomic mass is 9.68. The summed E-state index contributed by atoms with van der Waals surface area (Å²) in [7, 11) is 0. The number of hydrogen-bond donors (Lipinski definition) is 2. The van der Waals surface area contributed by atoms with Crippen molar-refractivity contribution in [3.8, 4) is 34.1 Å². The molecule has 1 aliphatic carbocycles. The molecular formula is C47H42O8.